The molecule has 0 radical (unpaired) electrons. The number of para-hydroxylation sites is 2. The molecule has 0 spiro atoms. The first-order valence-electron chi connectivity index (χ1n) is 9.21. The van der Waals surface area contributed by atoms with Crippen molar-refractivity contribution in [3.8, 4) is 0 Å². The zero-order chi connectivity index (χ0) is 19.9. The van der Waals surface area contributed by atoms with Crippen molar-refractivity contribution in [1.29, 1.82) is 0 Å². The number of benzene rings is 3. The van der Waals surface area contributed by atoms with E-state index in [2.05, 4.69) is 17.6 Å². The number of anilines is 2. The summed E-state index contributed by atoms with van der Waals surface area (Å²) in [6, 6.07) is 23.0. The Balaban J connectivity index is 1.75. The first-order valence-corrected chi connectivity index (χ1v) is 9.97. The highest BCUT2D eigenvalue weighted by Crippen LogP contribution is 2.33. The van der Waals surface area contributed by atoms with Crippen molar-refractivity contribution in [1.82, 2.24) is 5.32 Å². The molecular formula is C23H22Cl2N2O. The molecule has 0 heterocycles. The van der Waals surface area contributed by atoms with Crippen LogP contribution in [0.1, 0.15) is 30.5 Å². The highest BCUT2D eigenvalue weighted by molar-refractivity contribution is 6.39. The van der Waals surface area contributed by atoms with E-state index in [1.165, 1.54) is 0 Å². The zero-order valence-corrected chi connectivity index (χ0v) is 17.1. The molecule has 0 aliphatic heterocycles. The quantitative estimate of drug-likeness (QED) is 0.461. The summed E-state index contributed by atoms with van der Waals surface area (Å²) in [6.07, 6.45) is 1.08. The lowest BCUT2D eigenvalue weighted by molar-refractivity contribution is -0.121. The smallest absolute Gasteiger partial charge is 0.224 e. The van der Waals surface area contributed by atoms with Crippen LogP contribution in [0, 0.1) is 0 Å². The van der Waals surface area contributed by atoms with Crippen molar-refractivity contribution in [3.63, 3.8) is 0 Å². The topological polar surface area (TPSA) is 41.1 Å². The fourth-order valence-electron chi connectivity index (χ4n) is 3.07. The summed E-state index contributed by atoms with van der Waals surface area (Å²) in [5, 5.41) is 7.46. The third-order valence-electron chi connectivity index (χ3n) is 4.54. The minimum Gasteiger partial charge on any atom is -0.353 e. The molecule has 3 aromatic rings. The first kappa shape index (κ1) is 20.2. The van der Waals surface area contributed by atoms with Gasteiger partial charge in [0.2, 0.25) is 5.91 Å². The van der Waals surface area contributed by atoms with E-state index in [1.807, 2.05) is 54.6 Å². The number of carbonyl (C=O) groups excluding carboxylic acids is 1. The predicted octanol–water partition coefficient (Wildman–Crippen LogP) is 6.55. The van der Waals surface area contributed by atoms with Crippen molar-refractivity contribution >= 4 is 40.5 Å². The Hall–Kier alpha value is -2.49. The van der Waals surface area contributed by atoms with Crippen molar-refractivity contribution in [3.05, 3.63) is 94.0 Å². The second-order valence-corrected chi connectivity index (χ2v) is 7.31. The fraction of sp³-hybridized carbons (Fsp3) is 0.174. The van der Waals surface area contributed by atoms with Gasteiger partial charge in [-0.2, -0.15) is 0 Å². The van der Waals surface area contributed by atoms with Gasteiger partial charge >= 0.3 is 0 Å². The molecule has 0 aliphatic carbocycles. The van der Waals surface area contributed by atoms with E-state index in [9.17, 15) is 4.79 Å². The van der Waals surface area contributed by atoms with Crippen LogP contribution in [0.4, 0.5) is 11.4 Å². The van der Waals surface area contributed by atoms with Gasteiger partial charge in [0.25, 0.3) is 0 Å². The maximum atomic E-state index is 12.7. The highest BCUT2D eigenvalue weighted by Gasteiger charge is 2.15. The van der Waals surface area contributed by atoms with Gasteiger partial charge in [0.05, 0.1) is 28.2 Å². The van der Waals surface area contributed by atoms with Gasteiger partial charge in [0.15, 0.2) is 0 Å². The number of rotatable bonds is 7. The van der Waals surface area contributed by atoms with E-state index >= 15 is 0 Å². The third kappa shape index (κ3) is 5.06. The van der Waals surface area contributed by atoms with E-state index < -0.39 is 0 Å². The average Bonchev–Trinajstić information content (AvgIpc) is 2.71. The van der Waals surface area contributed by atoms with Gasteiger partial charge in [-0.05, 0) is 35.7 Å². The molecule has 1 amide bonds. The molecular weight excluding hydrogens is 391 g/mol. The maximum Gasteiger partial charge on any atom is 0.224 e. The van der Waals surface area contributed by atoms with E-state index in [0.717, 1.165) is 23.2 Å². The fourth-order valence-corrected chi connectivity index (χ4v) is 3.57. The van der Waals surface area contributed by atoms with Crippen LogP contribution >= 0.6 is 23.2 Å². The van der Waals surface area contributed by atoms with Crippen LogP contribution < -0.4 is 10.6 Å². The molecule has 28 heavy (non-hydrogen) atoms. The van der Waals surface area contributed by atoms with Crippen LogP contribution in [0.3, 0.4) is 0 Å². The van der Waals surface area contributed by atoms with E-state index in [-0.39, 0.29) is 18.4 Å². The Morgan fingerprint density at radius 1 is 0.893 bits per heavy atom. The summed E-state index contributed by atoms with van der Waals surface area (Å²) in [4.78, 5) is 12.7. The summed E-state index contributed by atoms with van der Waals surface area (Å²) in [5.74, 6) is -0.0322. The Bertz CT molecular complexity index is 924. The molecule has 144 valence electrons. The lowest BCUT2D eigenvalue weighted by Gasteiger charge is -2.19. The van der Waals surface area contributed by atoms with Gasteiger partial charge < -0.3 is 10.6 Å². The van der Waals surface area contributed by atoms with Gasteiger partial charge in [-0.3, -0.25) is 4.79 Å². The van der Waals surface area contributed by atoms with Crippen molar-refractivity contribution in [2.24, 2.45) is 0 Å². The van der Waals surface area contributed by atoms with Crippen molar-refractivity contribution in [2.75, 3.05) is 5.32 Å². The lowest BCUT2D eigenvalue weighted by atomic mass is 10.0. The first-order chi connectivity index (χ1) is 13.6. The molecule has 1 unspecified atom stereocenters. The normalized spacial score (nSPS) is 11.7. The summed E-state index contributed by atoms with van der Waals surface area (Å²) in [6.45, 7) is 2.06. The Labute approximate surface area is 175 Å². The van der Waals surface area contributed by atoms with Gasteiger partial charge in [-0.1, -0.05) is 84.7 Å². The molecule has 2 N–H and O–H groups in total. The summed E-state index contributed by atoms with van der Waals surface area (Å²) >= 11 is 12.5. The highest BCUT2D eigenvalue weighted by atomic mass is 35.5. The minimum atomic E-state index is -0.0322. The number of nitrogens with one attached hydrogen (secondary N) is 2. The van der Waals surface area contributed by atoms with Gasteiger partial charge in [-0.15, -0.1) is 0 Å². The van der Waals surface area contributed by atoms with Crippen LogP contribution in [0.25, 0.3) is 0 Å². The molecule has 0 bridgehead atoms. The molecule has 3 aromatic carbocycles. The SMILES string of the molecule is CCC(NC(=O)Cc1ccccc1Nc1c(Cl)cccc1Cl)c1ccccc1. The van der Waals surface area contributed by atoms with Gasteiger partial charge in [-0.25, -0.2) is 0 Å². The van der Waals surface area contributed by atoms with Gasteiger partial charge in [0, 0.05) is 5.69 Å². The minimum absolute atomic E-state index is 0.00756. The van der Waals surface area contributed by atoms with Crippen LogP contribution in [0.5, 0.6) is 0 Å². The largest absolute Gasteiger partial charge is 0.353 e. The Morgan fingerprint density at radius 2 is 1.54 bits per heavy atom. The molecule has 0 saturated heterocycles. The Kier molecular flexibility index (Phi) is 6.96. The number of carbonyl (C=O) groups is 1. The standard InChI is InChI=1S/C23H22Cl2N2O/c1-2-20(16-9-4-3-5-10-16)26-22(28)15-17-11-6-7-14-21(17)27-23-18(24)12-8-13-19(23)25/h3-14,20,27H,2,15H2,1H3,(H,26,28). The van der Waals surface area contributed by atoms with E-state index in [4.69, 9.17) is 23.2 Å². The molecule has 0 saturated carbocycles. The zero-order valence-electron chi connectivity index (χ0n) is 15.6. The van der Waals surface area contributed by atoms with Crippen LogP contribution in [-0.4, -0.2) is 5.91 Å². The second-order valence-electron chi connectivity index (χ2n) is 6.49. The molecule has 3 rings (SSSR count). The lowest BCUT2D eigenvalue weighted by Crippen LogP contribution is -2.29. The number of hydrogen-bond donors (Lipinski definition) is 2. The number of amides is 1. The predicted molar refractivity (Wildman–Crippen MR) is 118 cm³/mol. The molecule has 0 aliphatic rings. The molecule has 5 heteroatoms. The van der Waals surface area contributed by atoms with Crippen molar-refractivity contribution < 1.29 is 4.79 Å². The Morgan fingerprint density at radius 3 is 2.21 bits per heavy atom. The maximum absolute atomic E-state index is 12.7. The molecule has 0 fully saturated rings. The number of halogens is 2. The van der Waals surface area contributed by atoms with Crippen molar-refractivity contribution in [2.45, 2.75) is 25.8 Å². The second kappa shape index (κ2) is 9.63. The molecule has 3 nitrogen and oxygen atoms in total. The summed E-state index contributed by atoms with van der Waals surface area (Å²) in [5.41, 5.74) is 3.42. The number of hydrogen-bond acceptors (Lipinski definition) is 2. The summed E-state index contributed by atoms with van der Waals surface area (Å²) < 4.78 is 0. The van der Waals surface area contributed by atoms with Gasteiger partial charge in [0.1, 0.15) is 0 Å². The average molecular weight is 413 g/mol. The van der Waals surface area contributed by atoms with Crippen LogP contribution in [0.2, 0.25) is 10.0 Å². The van der Waals surface area contributed by atoms with Crippen LogP contribution in [0.15, 0.2) is 72.8 Å². The van der Waals surface area contributed by atoms with E-state index in [1.54, 1.807) is 18.2 Å². The monoisotopic (exact) mass is 412 g/mol. The van der Waals surface area contributed by atoms with E-state index in [0.29, 0.717) is 15.7 Å². The molecule has 0 aromatic heterocycles. The summed E-state index contributed by atoms with van der Waals surface area (Å²) in [7, 11) is 0. The molecule has 1 atom stereocenters. The van der Waals surface area contributed by atoms with Crippen LogP contribution in [-0.2, 0) is 11.2 Å². The third-order valence-corrected chi connectivity index (χ3v) is 5.17.